The fourth-order valence-electron chi connectivity index (χ4n) is 2.91. The molecule has 0 radical (unpaired) electrons. The summed E-state index contributed by atoms with van der Waals surface area (Å²) in [4.78, 5) is 0. The van der Waals surface area contributed by atoms with Crippen molar-refractivity contribution in [2.24, 2.45) is 5.73 Å². The van der Waals surface area contributed by atoms with Crippen LogP contribution in [0.2, 0.25) is 0 Å². The number of aryl methyl sites for hydroxylation is 1. The first-order chi connectivity index (χ1) is 9.71. The Hall–Kier alpha value is -1.67. The van der Waals surface area contributed by atoms with E-state index in [-0.39, 0.29) is 12.1 Å². The smallest absolute Gasteiger partial charge is 0.167 e. The van der Waals surface area contributed by atoms with Crippen LogP contribution in [0.3, 0.4) is 0 Å². The van der Waals surface area contributed by atoms with Crippen LogP contribution in [-0.2, 0) is 12.8 Å². The average Bonchev–Trinajstić information content (AvgIpc) is 2.48. The van der Waals surface area contributed by atoms with E-state index in [1.807, 2.05) is 13.8 Å². The van der Waals surface area contributed by atoms with Gasteiger partial charge in [0.25, 0.3) is 0 Å². The molecule has 1 aliphatic carbocycles. The highest BCUT2D eigenvalue weighted by molar-refractivity contribution is 5.57. The quantitative estimate of drug-likeness (QED) is 0.877. The van der Waals surface area contributed by atoms with E-state index in [2.05, 4.69) is 21.6 Å². The predicted molar refractivity (Wildman–Crippen MR) is 79.4 cm³/mol. The molecule has 0 saturated heterocycles. The van der Waals surface area contributed by atoms with E-state index in [0.29, 0.717) is 11.4 Å². The van der Waals surface area contributed by atoms with Gasteiger partial charge in [-0.1, -0.05) is 26.7 Å². The van der Waals surface area contributed by atoms with Crippen molar-refractivity contribution in [1.82, 2.24) is 10.2 Å². The molecule has 5 nitrogen and oxygen atoms in total. The number of nitrogens with one attached hydrogen (secondary N) is 1. The molecule has 0 unspecified atom stereocenters. The summed E-state index contributed by atoms with van der Waals surface area (Å²) in [6.45, 7) is 4.08. The Morgan fingerprint density at radius 3 is 2.60 bits per heavy atom. The maximum atomic E-state index is 9.46. The van der Waals surface area contributed by atoms with Gasteiger partial charge < -0.3 is 11.1 Å². The van der Waals surface area contributed by atoms with E-state index in [1.54, 1.807) is 0 Å². The zero-order chi connectivity index (χ0) is 14.5. The van der Waals surface area contributed by atoms with Gasteiger partial charge in [-0.05, 0) is 31.2 Å². The summed E-state index contributed by atoms with van der Waals surface area (Å²) in [5.74, 6) is 0.601. The van der Waals surface area contributed by atoms with E-state index in [4.69, 9.17) is 5.73 Å². The largest absolute Gasteiger partial charge is 0.363 e. The van der Waals surface area contributed by atoms with Gasteiger partial charge in [0.15, 0.2) is 5.82 Å². The first-order valence-electron chi connectivity index (χ1n) is 7.51. The van der Waals surface area contributed by atoms with Gasteiger partial charge >= 0.3 is 0 Å². The molecule has 0 aliphatic heterocycles. The van der Waals surface area contributed by atoms with E-state index >= 15 is 0 Å². The lowest BCUT2D eigenvalue weighted by atomic mass is 9.91. The average molecular weight is 273 g/mol. The molecule has 0 bridgehead atoms. The lowest BCUT2D eigenvalue weighted by molar-refractivity contribution is 0.403. The van der Waals surface area contributed by atoms with Crippen molar-refractivity contribution in [2.75, 3.05) is 5.32 Å². The molecule has 2 atom stereocenters. The Bertz CT molecular complexity index is 506. The highest BCUT2D eigenvalue weighted by Crippen LogP contribution is 2.24. The van der Waals surface area contributed by atoms with Gasteiger partial charge in [0.1, 0.15) is 11.6 Å². The number of hydrogen-bond donors (Lipinski definition) is 2. The first kappa shape index (κ1) is 14.7. The minimum atomic E-state index is 0.132. The highest BCUT2D eigenvalue weighted by Gasteiger charge is 2.24. The van der Waals surface area contributed by atoms with Crippen LogP contribution in [0.4, 0.5) is 5.82 Å². The maximum Gasteiger partial charge on any atom is 0.167 e. The Labute approximate surface area is 120 Å². The van der Waals surface area contributed by atoms with Crippen LogP contribution in [-0.4, -0.2) is 22.3 Å². The molecule has 0 spiro atoms. The molecule has 108 valence electrons. The molecule has 5 heteroatoms. The Kier molecular flexibility index (Phi) is 4.91. The van der Waals surface area contributed by atoms with Gasteiger partial charge in [-0.25, -0.2) is 0 Å². The normalized spacial score (nSPS) is 22.3. The van der Waals surface area contributed by atoms with Crippen LogP contribution in [0.5, 0.6) is 0 Å². The lowest BCUT2D eigenvalue weighted by Gasteiger charge is -2.30. The van der Waals surface area contributed by atoms with Gasteiger partial charge in [0.05, 0.1) is 5.69 Å². The van der Waals surface area contributed by atoms with Gasteiger partial charge in [0, 0.05) is 12.1 Å². The van der Waals surface area contributed by atoms with Gasteiger partial charge in [-0.2, -0.15) is 10.4 Å². The zero-order valence-corrected chi connectivity index (χ0v) is 12.3. The van der Waals surface area contributed by atoms with Crippen LogP contribution in [0.15, 0.2) is 0 Å². The van der Waals surface area contributed by atoms with Crippen LogP contribution in [0.1, 0.15) is 56.4 Å². The summed E-state index contributed by atoms with van der Waals surface area (Å²) >= 11 is 0. The van der Waals surface area contributed by atoms with Crippen molar-refractivity contribution in [3.8, 4) is 6.07 Å². The van der Waals surface area contributed by atoms with Gasteiger partial charge in [0.2, 0.25) is 0 Å². The third-order valence-electron chi connectivity index (χ3n) is 4.10. The number of nitrogens with two attached hydrogens (primary N) is 1. The molecule has 20 heavy (non-hydrogen) atoms. The number of rotatable bonds is 4. The number of aromatic nitrogens is 2. The highest BCUT2D eigenvalue weighted by atomic mass is 15.2. The summed E-state index contributed by atoms with van der Waals surface area (Å²) < 4.78 is 0. The van der Waals surface area contributed by atoms with Crippen LogP contribution in [0, 0.1) is 11.3 Å². The molecule has 3 N–H and O–H groups in total. The second-order valence-corrected chi connectivity index (χ2v) is 5.37. The third-order valence-corrected chi connectivity index (χ3v) is 4.10. The Balaban J connectivity index is 2.30. The van der Waals surface area contributed by atoms with E-state index in [9.17, 15) is 5.26 Å². The summed E-state index contributed by atoms with van der Waals surface area (Å²) in [6, 6.07) is 2.62. The molecule has 1 aromatic heterocycles. The van der Waals surface area contributed by atoms with Crippen molar-refractivity contribution in [1.29, 1.82) is 5.26 Å². The molecule has 1 fully saturated rings. The number of anilines is 1. The minimum Gasteiger partial charge on any atom is -0.363 e. The molecule has 1 heterocycles. The first-order valence-corrected chi connectivity index (χ1v) is 7.51. The van der Waals surface area contributed by atoms with Crippen LogP contribution >= 0.6 is 0 Å². The van der Waals surface area contributed by atoms with Crippen LogP contribution in [0.25, 0.3) is 0 Å². The number of hydrogen-bond acceptors (Lipinski definition) is 5. The standard InChI is InChI=1S/C15H23N5/c1-3-10-11(9-16)15(20-19-13(10)4-2)18-14-8-6-5-7-12(14)17/h12,14H,3-8,17H2,1-2H3,(H,18,20)/t12-,14-/m1/s1. The van der Waals surface area contributed by atoms with Crippen molar-refractivity contribution in [3.63, 3.8) is 0 Å². The van der Waals surface area contributed by atoms with Crippen molar-refractivity contribution >= 4 is 5.82 Å². The monoisotopic (exact) mass is 273 g/mol. The zero-order valence-electron chi connectivity index (χ0n) is 12.3. The fraction of sp³-hybridized carbons (Fsp3) is 0.667. The molecule has 1 aliphatic rings. The Morgan fingerprint density at radius 2 is 2.00 bits per heavy atom. The van der Waals surface area contributed by atoms with E-state index in [0.717, 1.165) is 36.9 Å². The topological polar surface area (TPSA) is 87.6 Å². The second-order valence-electron chi connectivity index (χ2n) is 5.37. The number of nitriles is 1. The van der Waals surface area contributed by atoms with E-state index in [1.165, 1.54) is 12.8 Å². The summed E-state index contributed by atoms with van der Waals surface area (Å²) in [7, 11) is 0. The van der Waals surface area contributed by atoms with Crippen LogP contribution < -0.4 is 11.1 Å². The van der Waals surface area contributed by atoms with Gasteiger partial charge in [-0.3, -0.25) is 0 Å². The molecule has 1 aromatic rings. The SMILES string of the molecule is CCc1nnc(N[C@@H]2CCCC[C@H]2N)c(C#N)c1CC. The third kappa shape index (κ3) is 2.91. The minimum absolute atomic E-state index is 0.132. The van der Waals surface area contributed by atoms with Crippen molar-refractivity contribution in [2.45, 2.75) is 64.5 Å². The summed E-state index contributed by atoms with van der Waals surface area (Å²) in [5.41, 5.74) is 8.72. The fourth-order valence-corrected chi connectivity index (χ4v) is 2.91. The van der Waals surface area contributed by atoms with Crippen molar-refractivity contribution < 1.29 is 0 Å². The predicted octanol–water partition coefficient (Wildman–Crippen LogP) is 2.15. The van der Waals surface area contributed by atoms with Crippen molar-refractivity contribution in [3.05, 3.63) is 16.8 Å². The molecular formula is C15H23N5. The lowest BCUT2D eigenvalue weighted by Crippen LogP contribution is -2.43. The Morgan fingerprint density at radius 1 is 1.25 bits per heavy atom. The summed E-state index contributed by atoms with van der Waals surface area (Å²) in [6.07, 6.45) is 6.02. The van der Waals surface area contributed by atoms with E-state index < -0.39 is 0 Å². The summed E-state index contributed by atoms with van der Waals surface area (Å²) in [5, 5.41) is 21.3. The second kappa shape index (κ2) is 6.67. The van der Waals surface area contributed by atoms with Gasteiger partial charge in [-0.15, -0.1) is 5.10 Å². The maximum absolute atomic E-state index is 9.46. The molecule has 0 aromatic carbocycles. The number of nitrogens with zero attached hydrogens (tertiary/aromatic N) is 3. The molecule has 0 amide bonds. The molecule has 1 saturated carbocycles. The molecule has 2 rings (SSSR count). The molecular weight excluding hydrogens is 250 g/mol.